The summed E-state index contributed by atoms with van der Waals surface area (Å²) < 4.78 is 17.0. The van der Waals surface area contributed by atoms with Gasteiger partial charge in [0.2, 0.25) is 0 Å². The monoisotopic (exact) mass is 534 g/mol. The van der Waals surface area contributed by atoms with Crippen LogP contribution in [0.4, 0.5) is 11.4 Å². The molecule has 38 heavy (non-hydrogen) atoms. The molecule has 12 nitrogen and oxygen atoms in total. The van der Waals surface area contributed by atoms with E-state index in [0.29, 0.717) is 12.2 Å². The molecule has 0 saturated carbocycles. The molecular formula is C26H34N2O10. The van der Waals surface area contributed by atoms with Crippen LogP contribution in [0.2, 0.25) is 0 Å². The Balaban J connectivity index is 1.41. The van der Waals surface area contributed by atoms with Crippen molar-refractivity contribution in [2.75, 3.05) is 37.1 Å². The highest BCUT2D eigenvalue weighted by atomic mass is 16.7. The number of hydrogen-bond acceptors (Lipinski definition) is 12. The summed E-state index contributed by atoms with van der Waals surface area (Å²) in [6, 6.07) is 13.3. The zero-order valence-electron chi connectivity index (χ0n) is 20.7. The summed E-state index contributed by atoms with van der Waals surface area (Å²) in [7, 11) is 1.99. The van der Waals surface area contributed by atoms with Gasteiger partial charge in [0.25, 0.3) is 0 Å². The van der Waals surface area contributed by atoms with Crippen molar-refractivity contribution in [1.82, 2.24) is 0 Å². The lowest BCUT2D eigenvalue weighted by atomic mass is 9.89. The maximum Gasteiger partial charge on any atom is 0.187 e. The highest BCUT2D eigenvalue weighted by Gasteiger charge is 2.50. The van der Waals surface area contributed by atoms with E-state index >= 15 is 0 Å². The number of nitrogens with zero attached hydrogens (tertiary/aromatic N) is 1. The standard InChI is InChI=1S/C26H34N2O10/c1-28-11-27-15-6-5-13(8-16(15)28)12-3-2-4-14(7-12)24-23(35)25(20(32)18(10-30)36-24)38-26-22(34)21(33)19(31)17(9-29)37-26/h2-8,17-27,29-35H,9-11H2,1H3/t17-,18-,19-,20+,21+,22+,23+,24-,25+,26-/m1/s1. The average Bonchev–Trinajstić information content (AvgIpc) is 3.31. The molecule has 0 radical (unpaired) electrons. The summed E-state index contributed by atoms with van der Waals surface area (Å²) in [5, 5.41) is 75.2. The van der Waals surface area contributed by atoms with Gasteiger partial charge in [-0.15, -0.1) is 0 Å². The van der Waals surface area contributed by atoms with E-state index in [1.807, 2.05) is 37.4 Å². The van der Waals surface area contributed by atoms with Crippen LogP contribution in [0.25, 0.3) is 11.1 Å². The van der Waals surface area contributed by atoms with Crippen molar-refractivity contribution in [3.8, 4) is 11.1 Å². The average molecular weight is 535 g/mol. The van der Waals surface area contributed by atoms with Crippen LogP contribution in [0.15, 0.2) is 42.5 Å². The summed E-state index contributed by atoms with van der Waals surface area (Å²) in [5.74, 6) is 0. The zero-order chi connectivity index (χ0) is 27.1. The fourth-order valence-corrected chi connectivity index (χ4v) is 5.22. The van der Waals surface area contributed by atoms with Crippen LogP contribution >= 0.6 is 0 Å². The van der Waals surface area contributed by atoms with Gasteiger partial charge in [0.15, 0.2) is 6.29 Å². The molecule has 8 N–H and O–H groups in total. The number of nitrogens with one attached hydrogen (secondary N) is 1. The number of anilines is 2. The van der Waals surface area contributed by atoms with Gasteiger partial charge >= 0.3 is 0 Å². The number of rotatable bonds is 6. The van der Waals surface area contributed by atoms with Gasteiger partial charge in [0.1, 0.15) is 54.9 Å². The van der Waals surface area contributed by atoms with Crippen LogP contribution < -0.4 is 10.2 Å². The molecule has 12 heteroatoms. The SMILES string of the molecule is CN1CNc2ccc(-c3cccc([C@H]4O[C@H](CO)[C@H](O)[C@H](O[C@H]5O[C@H](CO)[C@@H](O)[C@H](O)[C@@H]5O)[C@H]4O)c3)cc21. The largest absolute Gasteiger partial charge is 0.394 e. The van der Waals surface area contributed by atoms with Gasteiger partial charge in [-0.05, 0) is 34.9 Å². The fourth-order valence-electron chi connectivity index (χ4n) is 5.22. The summed E-state index contributed by atoms with van der Waals surface area (Å²) >= 11 is 0. The molecule has 0 amide bonds. The van der Waals surface area contributed by atoms with Crippen molar-refractivity contribution in [3.05, 3.63) is 48.0 Å². The van der Waals surface area contributed by atoms with Crippen LogP contribution in [0.5, 0.6) is 0 Å². The number of hydrogen-bond donors (Lipinski definition) is 8. The van der Waals surface area contributed by atoms with Gasteiger partial charge in [0.05, 0.1) is 31.3 Å². The number of aliphatic hydroxyl groups excluding tert-OH is 7. The van der Waals surface area contributed by atoms with Gasteiger partial charge in [-0.3, -0.25) is 0 Å². The first-order chi connectivity index (χ1) is 18.2. The minimum atomic E-state index is -1.73. The second-order valence-corrected chi connectivity index (χ2v) is 9.95. The van der Waals surface area contributed by atoms with E-state index in [0.717, 1.165) is 22.5 Å². The molecule has 2 aromatic carbocycles. The lowest BCUT2D eigenvalue weighted by Gasteiger charge is -2.46. The minimum absolute atomic E-state index is 0.565. The number of aliphatic hydroxyl groups is 7. The first-order valence-corrected chi connectivity index (χ1v) is 12.5. The van der Waals surface area contributed by atoms with Gasteiger partial charge in [-0.2, -0.15) is 0 Å². The number of benzene rings is 2. The van der Waals surface area contributed by atoms with Crippen LogP contribution in [0.3, 0.4) is 0 Å². The molecule has 2 aromatic rings. The predicted molar refractivity (Wildman–Crippen MR) is 134 cm³/mol. The summed E-state index contributed by atoms with van der Waals surface area (Å²) in [5.41, 5.74) is 4.46. The molecule has 3 aliphatic rings. The molecule has 5 rings (SSSR count). The lowest BCUT2D eigenvalue weighted by molar-refractivity contribution is -0.342. The third-order valence-electron chi connectivity index (χ3n) is 7.47. The van der Waals surface area contributed by atoms with Gasteiger partial charge in [-0.25, -0.2) is 0 Å². The van der Waals surface area contributed by atoms with E-state index in [1.54, 1.807) is 6.07 Å². The molecule has 3 aliphatic heterocycles. The molecule has 208 valence electrons. The van der Waals surface area contributed by atoms with Crippen LogP contribution in [0, 0.1) is 0 Å². The third kappa shape index (κ3) is 4.89. The van der Waals surface area contributed by atoms with Crippen molar-refractivity contribution in [2.45, 2.75) is 61.2 Å². The van der Waals surface area contributed by atoms with Crippen molar-refractivity contribution < 1.29 is 50.0 Å². The van der Waals surface area contributed by atoms with Crippen LogP contribution in [0.1, 0.15) is 11.7 Å². The van der Waals surface area contributed by atoms with E-state index in [1.165, 1.54) is 0 Å². The molecule has 3 heterocycles. The maximum atomic E-state index is 11.2. The van der Waals surface area contributed by atoms with E-state index in [2.05, 4.69) is 16.3 Å². The number of fused-ring (bicyclic) bond motifs is 1. The van der Waals surface area contributed by atoms with E-state index < -0.39 is 74.4 Å². The summed E-state index contributed by atoms with van der Waals surface area (Å²) in [6.45, 7) is -0.530. The highest BCUT2D eigenvalue weighted by molar-refractivity contribution is 5.81. The molecule has 2 fully saturated rings. The Bertz CT molecular complexity index is 1120. The summed E-state index contributed by atoms with van der Waals surface area (Å²) in [4.78, 5) is 2.09. The number of ether oxygens (including phenoxy) is 3. The van der Waals surface area contributed by atoms with Crippen molar-refractivity contribution in [2.24, 2.45) is 0 Å². The van der Waals surface area contributed by atoms with E-state index in [-0.39, 0.29) is 0 Å². The normalized spacial score (nSPS) is 37.1. The molecule has 2 saturated heterocycles. The fraction of sp³-hybridized carbons (Fsp3) is 0.538. The molecule has 0 unspecified atom stereocenters. The first kappa shape index (κ1) is 27.2. The Hall–Kier alpha value is -2.36. The molecule has 0 bridgehead atoms. The van der Waals surface area contributed by atoms with E-state index in [9.17, 15) is 35.7 Å². The quantitative estimate of drug-likeness (QED) is 0.215. The van der Waals surface area contributed by atoms with Crippen LogP contribution in [-0.4, -0.2) is 118 Å². The smallest absolute Gasteiger partial charge is 0.187 e. The van der Waals surface area contributed by atoms with Gasteiger partial charge < -0.3 is 60.2 Å². The Kier molecular flexibility index (Phi) is 7.89. The molecular weight excluding hydrogens is 500 g/mol. The Morgan fingerprint density at radius 2 is 1.55 bits per heavy atom. The highest BCUT2D eigenvalue weighted by Crippen LogP contribution is 2.38. The minimum Gasteiger partial charge on any atom is -0.394 e. The van der Waals surface area contributed by atoms with Crippen molar-refractivity contribution in [1.29, 1.82) is 0 Å². The van der Waals surface area contributed by atoms with Gasteiger partial charge in [0, 0.05) is 7.05 Å². The lowest BCUT2D eigenvalue weighted by Crippen LogP contribution is -2.63. The van der Waals surface area contributed by atoms with E-state index in [4.69, 9.17) is 14.2 Å². The van der Waals surface area contributed by atoms with Crippen molar-refractivity contribution >= 4 is 11.4 Å². The van der Waals surface area contributed by atoms with Crippen molar-refractivity contribution in [3.63, 3.8) is 0 Å². The molecule has 10 atom stereocenters. The molecule has 0 spiro atoms. The zero-order valence-corrected chi connectivity index (χ0v) is 20.7. The first-order valence-electron chi connectivity index (χ1n) is 12.5. The summed E-state index contributed by atoms with van der Waals surface area (Å²) in [6.07, 6.45) is -14.4. The second kappa shape index (κ2) is 11.0. The topological polar surface area (TPSA) is 185 Å². The Labute approximate surface area is 219 Å². The second-order valence-electron chi connectivity index (χ2n) is 9.95. The molecule has 0 aliphatic carbocycles. The third-order valence-corrected chi connectivity index (χ3v) is 7.47. The van der Waals surface area contributed by atoms with Gasteiger partial charge in [-0.1, -0.05) is 24.3 Å². The Morgan fingerprint density at radius 1 is 0.842 bits per heavy atom. The maximum absolute atomic E-state index is 11.2. The Morgan fingerprint density at radius 3 is 2.29 bits per heavy atom. The predicted octanol–water partition coefficient (Wildman–Crippen LogP) is -1.49. The molecule has 0 aromatic heterocycles. The van der Waals surface area contributed by atoms with Crippen LogP contribution in [-0.2, 0) is 14.2 Å².